The van der Waals surface area contributed by atoms with Crippen LogP contribution in [-0.2, 0) is 33.3 Å². The van der Waals surface area contributed by atoms with E-state index in [-0.39, 0.29) is 50.7 Å². The number of ether oxygens (including phenoxy) is 4. The SMILES string of the molecule is CCC.CCC.CCCCC/C=C\C/C=C\CCCCCCCC(=O)OCC(COC(=O)CCCC(=O)OC(CCCCCCCC)CCCCCCCC)COC(=O)N(C)CCC. The van der Waals surface area contributed by atoms with Gasteiger partial charge in [-0.15, -0.1) is 0 Å². The van der Waals surface area contributed by atoms with Crippen LogP contribution in [0.4, 0.5) is 4.79 Å². The summed E-state index contributed by atoms with van der Waals surface area (Å²) in [6.07, 6.45) is 41.2. The lowest BCUT2D eigenvalue weighted by molar-refractivity contribution is -0.150. The van der Waals surface area contributed by atoms with Crippen LogP contribution in [0, 0.1) is 5.92 Å². The molecule has 0 aliphatic carbocycles. The number of rotatable bonds is 41. The van der Waals surface area contributed by atoms with Crippen LogP contribution >= 0.6 is 0 Å². The van der Waals surface area contributed by atoms with Crippen molar-refractivity contribution in [3.05, 3.63) is 24.3 Å². The zero-order valence-electron chi connectivity index (χ0n) is 43.6. The molecule has 9 heteroatoms. The number of esters is 3. The minimum Gasteiger partial charge on any atom is -0.465 e. The van der Waals surface area contributed by atoms with Gasteiger partial charge >= 0.3 is 24.0 Å². The van der Waals surface area contributed by atoms with Gasteiger partial charge in [0.25, 0.3) is 0 Å². The lowest BCUT2D eigenvalue weighted by Crippen LogP contribution is -2.32. The summed E-state index contributed by atoms with van der Waals surface area (Å²) < 4.78 is 22.4. The second-order valence-corrected chi connectivity index (χ2v) is 17.7. The highest BCUT2D eigenvalue weighted by atomic mass is 16.6. The zero-order chi connectivity index (χ0) is 48.2. The molecule has 1 atom stereocenters. The smallest absolute Gasteiger partial charge is 0.409 e. The minimum absolute atomic E-state index is 0.0118. The second-order valence-electron chi connectivity index (χ2n) is 17.7. The van der Waals surface area contributed by atoms with E-state index in [4.69, 9.17) is 18.9 Å². The van der Waals surface area contributed by atoms with E-state index < -0.39 is 18.0 Å². The molecular formula is C55H105NO8. The van der Waals surface area contributed by atoms with Crippen molar-refractivity contribution in [3.8, 4) is 0 Å². The summed E-state index contributed by atoms with van der Waals surface area (Å²) in [7, 11) is 1.67. The monoisotopic (exact) mass is 908 g/mol. The summed E-state index contributed by atoms with van der Waals surface area (Å²) in [5, 5.41) is 0. The van der Waals surface area contributed by atoms with E-state index in [1.807, 2.05) is 6.92 Å². The summed E-state index contributed by atoms with van der Waals surface area (Å²) >= 11 is 0. The Kier molecular flexibility index (Phi) is 55.7. The van der Waals surface area contributed by atoms with Crippen LogP contribution in [0.3, 0.4) is 0 Å². The molecule has 0 heterocycles. The third kappa shape index (κ3) is 51.8. The van der Waals surface area contributed by atoms with Gasteiger partial charge in [-0.1, -0.05) is 189 Å². The van der Waals surface area contributed by atoms with Crippen molar-refractivity contribution in [3.63, 3.8) is 0 Å². The first-order chi connectivity index (χ1) is 31.1. The maximum Gasteiger partial charge on any atom is 0.409 e. The van der Waals surface area contributed by atoms with Gasteiger partial charge in [0.2, 0.25) is 0 Å². The number of unbranched alkanes of at least 4 members (excludes halogenated alkanes) is 18. The number of carbonyl (C=O) groups excluding carboxylic acids is 4. The van der Waals surface area contributed by atoms with Gasteiger partial charge in [0, 0.05) is 32.9 Å². The van der Waals surface area contributed by atoms with E-state index >= 15 is 0 Å². The zero-order valence-corrected chi connectivity index (χ0v) is 43.6. The normalized spacial score (nSPS) is 11.5. The van der Waals surface area contributed by atoms with Crippen molar-refractivity contribution in [2.24, 2.45) is 5.92 Å². The average Bonchev–Trinajstić information content (AvgIpc) is 3.27. The van der Waals surface area contributed by atoms with E-state index in [0.717, 1.165) is 77.0 Å². The molecule has 0 aromatic carbocycles. The van der Waals surface area contributed by atoms with Crippen molar-refractivity contribution in [1.82, 2.24) is 4.90 Å². The Morgan fingerprint density at radius 2 is 0.828 bits per heavy atom. The van der Waals surface area contributed by atoms with E-state index in [1.165, 1.54) is 108 Å². The summed E-state index contributed by atoms with van der Waals surface area (Å²) in [5.74, 6) is -1.50. The average molecular weight is 908 g/mol. The molecule has 0 bridgehead atoms. The molecule has 0 aromatic rings. The van der Waals surface area contributed by atoms with Crippen molar-refractivity contribution in [1.29, 1.82) is 0 Å². The molecule has 0 aliphatic rings. The molecular weight excluding hydrogens is 803 g/mol. The molecule has 0 aliphatic heterocycles. The first kappa shape index (κ1) is 65.4. The van der Waals surface area contributed by atoms with Crippen molar-refractivity contribution in [2.45, 2.75) is 267 Å². The van der Waals surface area contributed by atoms with E-state index in [1.54, 1.807) is 7.05 Å². The molecule has 64 heavy (non-hydrogen) atoms. The third-order valence-corrected chi connectivity index (χ3v) is 10.4. The largest absolute Gasteiger partial charge is 0.465 e. The standard InChI is InChI=1S/C49H89NO8.2C3H8/c1-6-10-13-16-19-20-21-22-23-24-25-26-27-30-33-37-46(51)55-41-44(43-57-49(54)50(5)40-9-4)42-56-47(52)38-34-39-48(53)58-45(35-31-28-17-14-11-7-2)36-32-29-18-15-12-8-3;2*1-3-2/h19-20,22-23,44-45H,6-18,21,24-43H2,1-5H3;2*3H2,1-2H3/b20-19-,23-22-;;. The van der Waals surface area contributed by atoms with Crippen molar-refractivity contribution < 1.29 is 38.1 Å². The van der Waals surface area contributed by atoms with Gasteiger partial charge in [-0.25, -0.2) is 4.79 Å². The Morgan fingerprint density at radius 3 is 1.33 bits per heavy atom. The van der Waals surface area contributed by atoms with Crippen LogP contribution in [0.2, 0.25) is 0 Å². The van der Waals surface area contributed by atoms with Gasteiger partial charge in [0.1, 0.15) is 25.9 Å². The number of amides is 1. The number of nitrogens with zero attached hydrogens (tertiary/aromatic N) is 1. The van der Waals surface area contributed by atoms with Crippen LogP contribution in [0.1, 0.15) is 261 Å². The lowest BCUT2D eigenvalue weighted by Gasteiger charge is -2.20. The maximum atomic E-state index is 12.8. The van der Waals surface area contributed by atoms with Crippen LogP contribution in [-0.4, -0.2) is 68.4 Å². The minimum atomic E-state index is -0.494. The Morgan fingerprint density at radius 1 is 0.438 bits per heavy atom. The fraction of sp³-hybridized carbons (Fsp3) is 0.855. The molecule has 0 N–H and O–H groups in total. The molecule has 0 radical (unpaired) electrons. The molecule has 378 valence electrons. The van der Waals surface area contributed by atoms with Crippen LogP contribution < -0.4 is 0 Å². The van der Waals surface area contributed by atoms with E-state index in [0.29, 0.717) is 19.4 Å². The molecule has 0 rings (SSSR count). The topological polar surface area (TPSA) is 108 Å². The van der Waals surface area contributed by atoms with E-state index in [9.17, 15) is 19.2 Å². The van der Waals surface area contributed by atoms with Gasteiger partial charge in [0.05, 0.1) is 5.92 Å². The van der Waals surface area contributed by atoms with E-state index in [2.05, 4.69) is 72.8 Å². The highest BCUT2D eigenvalue weighted by Gasteiger charge is 2.20. The molecule has 9 nitrogen and oxygen atoms in total. The fourth-order valence-corrected chi connectivity index (χ4v) is 6.71. The molecule has 1 unspecified atom stereocenters. The Labute approximate surface area is 396 Å². The number of allylic oxidation sites excluding steroid dienone is 4. The highest BCUT2D eigenvalue weighted by Crippen LogP contribution is 2.18. The quantitative estimate of drug-likeness (QED) is 0.0258. The molecule has 0 spiro atoms. The van der Waals surface area contributed by atoms with Crippen molar-refractivity contribution in [2.75, 3.05) is 33.4 Å². The van der Waals surface area contributed by atoms with Gasteiger partial charge < -0.3 is 23.8 Å². The number of carbonyl (C=O) groups is 4. The van der Waals surface area contributed by atoms with Gasteiger partial charge in [-0.05, 0) is 77.0 Å². The molecule has 0 fully saturated rings. The Hall–Kier alpha value is -2.84. The molecule has 0 saturated heterocycles. The molecule has 1 amide bonds. The number of hydrogen-bond donors (Lipinski definition) is 0. The van der Waals surface area contributed by atoms with Crippen LogP contribution in [0.5, 0.6) is 0 Å². The van der Waals surface area contributed by atoms with Crippen LogP contribution in [0.25, 0.3) is 0 Å². The molecule has 0 aromatic heterocycles. The lowest BCUT2D eigenvalue weighted by atomic mass is 10.0. The third-order valence-electron chi connectivity index (χ3n) is 10.4. The Balaban J connectivity index is -0.00000583. The Bertz CT molecular complexity index is 1060. The van der Waals surface area contributed by atoms with Gasteiger partial charge in [-0.3, -0.25) is 14.4 Å². The maximum absolute atomic E-state index is 12.8. The second kappa shape index (κ2) is 54.5. The summed E-state index contributed by atoms with van der Waals surface area (Å²) in [5.41, 5.74) is 0. The summed E-state index contributed by atoms with van der Waals surface area (Å²) in [6, 6.07) is 0. The van der Waals surface area contributed by atoms with Gasteiger partial charge in [-0.2, -0.15) is 0 Å². The summed E-state index contributed by atoms with van der Waals surface area (Å²) in [6.45, 7) is 17.6. The highest BCUT2D eigenvalue weighted by molar-refractivity contribution is 5.72. The predicted molar refractivity (Wildman–Crippen MR) is 271 cm³/mol. The van der Waals surface area contributed by atoms with Crippen molar-refractivity contribution >= 4 is 24.0 Å². The van der Waals surface area contributed by atoms with Crippen LogP contribution in [0.15, 0.2) is 24.3 Å². The van der Waals surface area contributed by atoms with Gasteiger partial charge in [0.15, 0.2) is 0 Å². The first-order valence-electron chi connectivity index (χ1n) is 26.8. The fourth-order valence-electron chi connectivity index (χ4n) is 6.71. The summed E-state index contributed by atoms with van der Waals surface area (Å²) in [4.78, 5) is 51.9. The predicted octanol–water partition coefficient (Wildman–Crippen LogP) is 16.4. The molecule has 0 saturated carbocycles. The first-order valence-corrected chi connectivity index (χ1v) is 26.8. The number of hydrogen-bond acceptors (Lipinski definition) is 8.